The molecule has 0 bridgehead atoms. The number of halogens is 3. The minimum Gasteiger partial charge on any atom is -0.735 e. The average Bonchev–Trinajstić information content (AvgIpc) is 1.56. The van der Waals surface area contributed by atoms with Crippen LogP contribution in [0.3, 0.4) is 0 Å². The summed E-state index contributed by atoms with van der Waals surface area (Å²) in [6, 6.07) is 0. The van der Waals surface area contributed by atoms with Crippen LogP contribution in [0.4, 0.5) is 13.2 Å². The van der Waals surface area contributed by atoms with Gasteiger partial charge in [0.25, 0.3) is 0 Å². The molecule has 0 aromatic rings. The summed E-state index contributed by atoms with van der Waals surface area (Å²) in [5.74, 6) is 0. The van der Waals surface area contributed by atoms with Crippen molar-refractivity contribution in [3.05, 3.63) is 0 Å². The third-order valence-electron chi connectivity index (χ3n) is 0.784. The molecule has 0 aliphatic carbocycles. The Morgan fingerprint density at radius 2 is 1.75 bits per heavy atom. The Bertz CT molecular complexity index is 225. The molecule has 0 N–H and O–H groups in total. The van der Waals surface area contributed by atoms with Gasteiger partial charge in [-0.05, 0) is 0 Å². The fourth-order valence-corrected chi connectivity index (χ4v) is 0.636. The Hall–Kier alpha value is 0.660. The SMILES string of the molecule is CN(CC(F)(F)F)S(=O)(=O)[O-].[Na+]. The van der Waals surface area contributed by atoms with Gasteiger partial charge in [0.15, 0.2) is 10.3 Å². The van der Waals surface area contributed by atoms with E-state index in [4.69, 9.17) is 0 Å². The van der Waals surface area contributed by atoms with Gasteiger partial charge in [-0.1, -0.05) is 0 Å². The second-order valence-electron chi connectivity index (χ2n) is 1.83. The normalized spacial score (nSPS) is 12.8. The van der Waals surface area contributed by atoms with E-state index in [-0.39, 0.29) is 33.9 Å². The van der Waals surface area contributed by atoms with Crippen molar-refractivity contribution in [3.63, 3.8) is 0 Å². The molecule has 0 heterocycles. The molecule has 0 saturated carbocycles. The summed E-state index contributed by atoms with van der Waals surface area (Å²) < 4.78 is 63.5. The first kappa shape index (κ1) is 15.1. The molecule has 68 valence electrons. The number of hydrogen-bond acceptors (Lipinski definition) is 3. The van der Waals surface area contributed by atoms with Crippen LogP contribution < -0.4 is 29.6 Å². The molecule has 4 nitrogen and oxygen atoms in total. The predicted octanol–water partition coefficient (Wildman–Crippen LogP) is -3.06. The maximum Gasteiger partial charge on any atom is 1.00 e. The molecule has 0 saturated heterocycles. The van der Waals surface area contributed by atoms with Crippen LogP contribution in [0, 0.1) is 0 Å². The van der Waals surface area contributed by atoms with Gasteiger partial charge in [0, 0.05) is 7.05 Å². The second-order valence-corrected chi connectivity index (χ2v) is 3.31. The van der Waals surface area contributed by atoms with Crippen molar-refractivity contribution in [3.8, 4) is 0 Å². The largest absolute Gasteiger partial charge is 1.00 e. The molecule has 0 amide bonds. The predicted molar refractivity (Wildman–Crippen MR) is 28.4 cm³/mol. The van der Waals surface area contributed by atoms with Gasteiger partial charge in [-0.25, -0.2) is 12.7 Å². The molecule has 0 rings (SSSR count). The minimum absolute atomic E-state index is 0. The van der Waals surface area contributed by atoms with E-state index in [1.54, 1.807) is 0 Å². The zero-order valence-corrected chi connectivity index (χ0v) is 9.24. The van der Waals surface area contributed by atoms with E-state index in [9.17, 15) is 26.1 Å². The summed E-state index contributed by atoms with van der Waals surface area (Å²) in [5, 5.41) is 0. The Balaban J connectivity index is 0. The summed E-state index contributed by atoms with van der Waals surface area (Å²) in [6.45, 7) is -1.75. The van der Waals surface area contributed by atoms with E-state index in [1.807, 2.05) is 0 Å². The van der Waals surface area contributed by atoms with Crippen molar-refractivity contribution in [1.82, 2.24) is 4.31 Å². The monoisotopic (exact) mass is 215 g/mol. The van der Waals surface area contributed by atoms with Crippen molar-refractivity contribution >= 4 is 10.3 Å². The first-order valence-corrected chi connectivity index (χ1v) is 3.73. The minimum atomic E-state index is -4.97. The van der Waals surface area contributed by atoms with E-state index < -0.39 is 23.0 Å². The molecule has 0 unspecified atom stereocenters. The van der Waals surface area contributed by atoms with Gasteiger partial charge < -0.3 is 4.55 Å². The van der Waals surface area contributed by atoms with Gasteiger partial charge in [0.2, 0.25) is 0 Å². The van der Waals surface area contributed by atoms with Crippen LogP contribution in [0.5, 0.6) is 0 Å². The Kier molecular flexibility index (Phi) is 6.03. The summed E-state index contributed by atoms with van der Waals surface area (Å²) in [4.78, 5) is 0. The molecular formula is C3H5F3NNaO3S. The van der Waals surface area contributed by atoms with Gasteiger partial charge >= 0.3 is 35.7 Å². The molecule has 0 aromatic carbocycles. The Morgan fingerprint density at radius 3 is 1.83 bits per heavy atom. The van der Waals surface area contributed by atoms with Crippen molar-refractivity contribution in [2.24, 2.45) is 0 Å². The summed E-state index contributed by atoms with van der Waals surface area (Å²) in [5.41, 5.74) is 0. The molecule has 0 fully saturated rings. The zero-order valence-electron chi connectivity index (χ0n) is 6.42. The Morgan fingerprint density at radius 1 is 1.42 bits per heavy atom. The standard InChI is InChI=1S/C3H6F3NO3S.Na/c1-7(11(8,9)10)2-3(4,5)6;/h2H2,1H3,(H,8,9,10);/q;+1/p-1. The first-order valence-electron chi connectivity index (χ1n) is 2.37. The Labute approximate surface area is 89.9 Å². The van der Waals surface area contributed by atoms with Gasteiger partial charge in [0.1, 0.15) is 6.54 Å². The first-order chi connectivity index (χ1) is 4.63. The topological polar surface area (TPSA) is 60.4 Å². The average molecular weight is 215 g/mol. The molecule has 0 aliphatic rings. The maximum absolute atomic E-state index is 11.4. The summed E-state index contributed by atoms with van der Waals surface area (Å²) in [6.07, 6.45) is -4.67. The molecule has 0 atom stereocenters. The van der Waals surface area contributed by atoms with E-state index >= 15 is 0 Å². The van der Waals surface area contributed by atoms with Crippen LogP contribution in [-0.4, -0.2) is 37.0 Å². The van der Waals surface area contributed by atoms with Crippen LogP contribution in [-0.2, 0) is 10.3 Å². The molecule has 0 radical (unpaired) electrons. The molecular weight excluding hydrogens is 210 g/mol. The molecule has 0 spiro atoms. The number of nitrogens with zero attached hydrogens (tertiary/aromatic N) is 1. The van der Waals surface area contributed by atoms with Crippen molar-refractivity contribution in [1.29, 1.82) is 0 Å². The van der Waals surface area contributed by atoms with Crippen LogP contribution in [0.15, 0.2) is 0 Å². The smallest absolute Gasteiger partial charge is 0.735 e. The number of alkyl halides is 3. The fourth-order valence-electron chi connectivity index (χ4n) is 0.332. The fraction of sp³-hybridized carbons (Fsp3) is 1.00. The quantitative estimate of drug-likeness (QED) is 0.363. The third-order valence-corrected chi connectivity index (χ3v) is 1.68. The molecule has 0 aliphatic heterocycles. The number of rotatable bonds is 2. The van der Waals surface area contributed by atoms with Crippen molar-refractivity contribution < 1.29 is 55.7 Å². The van der Waals surface area contributed by atoms with Crippen LogP contribution in [0.25, 0.3) is 0 Å². The van der Waals surface area contributed by atoms with E-state index in [0.29, 0.717) is 7.05 Å². The summed E-state index contributed by atoms with van der Waals surface area (Å²) in [7, 11) is -4.41. The molecule has 12 heavy (non-hydrogen) atoms. The molecule has 9 heteroatoms. The van der Waals surface area contributed by atoms with Crippen molar-refractivity contribution in [2.75, 3.05) is 13.6 Å². The number of hydrogen-bond donors (Lipinski definition) is 0. The summed E-state index contributed by atoms with van der Waals surface area (Å²) >= 11 is 0. The van der Waals surface area contributed by atoms with Crippen molar-refractivity contribution in [2.45, 2.75) is 6.18 Å². The van der Waals surface area contributed by atoms with Gasteiger partial charge in [-0.15, -0.1) is 0 Å². The van der Waals surface area contributed by atoms with Gasteiger partial charge in [-0.2, -0.15) is 13.2 Å². The van der Waals surface area contributed by atoms with Gasteiger partial charge in [-0.3, -0.25) is 0 Å². The molecule has 0 aromatic heterocycles. The van der Waals surface area contributed by atoms with E-state index in [1.165, 1.54) is 0 Å². The van der Waals surface area contributed by atoms with Crippen LogP contribution >= 0.6 is 0 Å². The third kappa shape index (κ3) is 7.32. The van der Waals surface area contributed by atoms with E-state index in [2.05, 4.69) is 0 Å². The zero-order chi connectivity index (χ0) is 9.28. The van der Waals surface area contributed by atoms with Crippen LogP contribution in [0.2, 0.25) is 0 Å². The van der Waals surface area contributed by atoms with Gasteiger partial charge in [0.05, 0.1) is 0 Å². The van der Waals surface area contributed by atoms with Crippen LogP contribution in [0.1, 0.15) is 0 Å². The second kappa shape index (κ2) is 4.77. The van der Waals surface area contributed by atoms with E-state index in [0.717, 1.165) is 0 Å². The maximum atomic E-state index is 11.4.